The SMILES string of the molecule is CCOC1CCC(C)(N2CCC(n3c(=O)[nH]c4c(F)cccc43)CC2)CC1. The molecular formula is C21H30FN3O2. The molecule has 1 aliphatic carbocycles. The Morgan fingerprint density at radius 3 is 2.59 bits per heavy atom. The van der Waals surface area contributed by atoms with Gasteiger partial charge in [-0.25, -0.2) is 9.18 Å². The van der Waals surface area contributed by atoms with Gasteiger partial charge >= 0.3 is 5.69 Å². The highest BCUT2D eigenvalue weighted by Crippen LogP contribution is 2.38. The van der Waals surface area contributed by atoms with Crippen molar-refractivity contribution in [3.05, 3.63) is 34.5 Å². The molecule has 27 heavy (non-hydrogen) atoms. The monoisotopic (exact) mass is 375 g/mol. The van der Waals surface area contributed by atoms with Gasteiger partial charge in [0.1, 0.15) is 11.3 Å². The summed E-state index contributed by atoms with van der Waals surface area (Å²) in [5.74, 6) is -0.362. The highest BCUT2D eigenvalue weighted by Gasteiger charge is 2.38. The van der Waals surface area contributed by atoms with Crippen molar-refractivity contribution in [2.75, 3.05) is 19.7 Å². The summed E-state index contributed by atoms with van der Waals surface area (Å²) in [6.07, 6.45) is 6.86. The van der Waals surface area contributed by atoms with Crippen LogP contribution in [0.25, 0.3) is 11.0 Å². The first-order valence-corrected chi connectivity index (χ1v) is 10.3. The molecule has 2 aliphatic rings. The lowest BCUT2D eigenvalue weighted by Gasteiger charge is -2.48. The molecule has 1 aromatic heterocycles. The van der Waals surface area contributed by atoms with E-state index in [1.165, 1.54) is 18.9 Å². The molecule has 2 fully saturated rings. The molecule has 0 bridgehead atoms. The first kappa shape index (κ1) is 18.7. The number of benzene rings is 1. The second-order valence-corrected chi connectivity index (χ2v) is 8.30. The lowest BCUT2D eigenvalue weighted by atomic mass is 9.79. The molecule has 2 heterocycles. The van der Waals surface area contributed by atoms with E-state index in [-0.39, 0.29) is 23.1 Å². The first-order valence-electron chi connectivity index (χ1n) is 10.3. The fourth-order valence-corrected chi connectivity index (χ4v) is 5.07. The number of nitrogens with one attached hydrogen (secondary N) is 1. The van der Waals surface area contributed by atoms with Crippen molar-refractivity contribution >= 4 is 11.0 Å². The molecule has 0 unspecified atom stereocenters. The van der Waals surface area contributed by atoms with E-state index in [0.717, 1.165) is 45.4 Å². The Bertz CT molecular complexity index is 843. The molecule has 6 heteroatoms. The number of hydrogen-bond acceptors (Lipinski definition) is 3. The Morgan fingerprint density at radius 2 is 1.93 bits per heavy atom. The van der Waals surface area contributed by atoms with Gasteiger partial charge in [0.2, 0.25) is 0 Å². The van der Waals surface area contributed by atoms with Gasteiger partial charge in [-0.1, -0.05) is 6.07 Å². The van der Waals surface area contributed by atoms with Crippen molar-refractivity contribution in [3.8, 4) is 0 Å². The van der Waals surface area contributed by atoms with E-state index in [1.807, 2.05) is 6.07 Å². The number of H-pyrrole nitrogens is 1. The van der Waals surface area contributed by atoms with Crippen molar-refractivity contribution < 1.29 is 9.13 Å². The maximum atomic E-state index is 14.0. The standard InChI is InChI=1S/C21H30FN3O2/c1-3-27-16-7-11-21(2,12-8-16)24-13-9-15(10-14-24)25-18-6-4-5-17(22)19(18)23-20(25)26/h4-6,15-16H,3,7-14H2,1-2H3,(H,23,26). The van der Waals surface area contributed by atoms with E-state index in [2.05, 4.69) is 23.7 Å². The van der Waals surface area contributed by atoms with E-state index < -0.39 is 0 Å². The molecule has 1 N–H and O–H groups in total. The van der Waals surface area contributed by atoms with E-state index in [4.69, 9.17) is 4.74 Å². The minimum Gasteiger partial charge on any atom is -0.379 e. The third-order valence-corrected chi connectivity index (χ3v) is 6.71. The normalized spacial score (nSPS) is 28.0. The Hall–Kier alpha value is -1.66. The maximum absolute atomic E-state index is 14.0. The van der Waals surface area contributed by atoms with Crippen LogP contribution in [0.5, 0.6) is 0 Å². The number of para-hydroxylation sites is 1. The summed E-state index contributed by atoms with van der Waals surface area (Å²) in [7, 11) is 0. The number of rotatable bonds is 4. The molecular weight excluding hydrogens is 345 g/mol. The Morgan fingerprint density at radius 1 is 1.22 bits per heavy atom. The summed E-state index contributed by atoms with van der Waals surface area (Å²) in [4.78, 5) is 17.7. The van der Waals surface area contributed by atoms with Crippen LogP contribution < -0.4 is 5.69 Å². The van der Waals surface area contributed by atoms with Crippen LogP contribution in [-0.2, 0) is 4.74 Å². The van der Waals surface area contributed by atoms with Crippen LogP contribution in [0, 0.1) is 5.82 Å². The number of likely N-dealkylation sites (tertiary alicyclic amines) is 1. The molecule has 1 saturated carbocycles. The van der Waals surface area contributed by atoms with E-state index in [0.29, 0.717) is 17.1 Å². The lowest BCUT2D eigenvalue weighted by Crippen LogP contribution is -2.53. The predicted molar refractivity (Wildman–Crippen MR) is 105 cm³/mol. The molecule has 0 spiro atoms. The second kappa shape index (κ2) is 7.40. The maximum Gasteiger partial charge on any atom is 0.326 e. The third-order valence-electron chi connectivity index (χ3n) is 6.71. The molecule has 1 saturated heterocycles. The van der Waals surface area contributed by atoms with E-state index in [9.17, 15) is 9.18 Å². The molecule has 0 amide bonds. The van der Waals surface area contributed by atoms with Crippen LogP contribution >= 0.6 is 0 Å². The summed E-state index contributed by atoms with van der Waals surface area (Å²) < 4.78 is 21.6. The third kappa shape index (κ3) is 3.45. The van der Waals surface area contributed by atoms with E-state index >= 15 is 0 Å². The molecule has 4 rings (SSSR count). The van der Waals surface area contributed by atoms with Crippen LogP contribution in [0.15, 0.2) is 23.0 Å². The fourth-order valence-electron chi connectivity index (χ4n) is 5.07. The van der Waals surface area contributed by atoms with Crippen molar-refractivity contribution in [3.63, 3.8) is 0 Å². The van der Waals surface area contributed by atoms with Gasteiger partial charge in [-0.15, -0.1) is 0 Å². The van der Waals surface area contributed by atoms with Crippen molar-refractivity contribution in [1.82, 2.24) is 14.5 Å². The minimum absolute atomic E-state index is 0.132. The first-order chi connectivity index (χ1) is 13.0. The largest absolute Gasteiger partial charge is 0.379 e. The summed E-state index contributed by atoms with van der Waals surface area (Å²) in [6.45, 7) is 7.20. The fraction of sp³-hybridized carbons (Fsp3) is 0.667. The highest BCUT2D eigenvalue weighted by atomic mass is 19.1. The summed E-state index contributed by atoms with van der Waals surface area (Å²) in [5, 5.41) is 0. The van der Waals surface area contributed by atoms with Gasteiger partial charge in [-0.2, -0.15) is 0 Å². The van der Waals surface area contributed by atoms with Gasteiger partial charge < -0.3 is 9.72 Å². The summed E-state index contributed by atoms with van der Waals surface area (Å²) in [6, 6.07) is 5.03. The second-order valence-electron chi connectivity index (χ2n) is 8.30. The Labute approximate surface area is 159 Å². The topological polar surface area (TPSA) is 50.3 Å². The molecule has 0 radical (unpaired) electrons. The van der Waals surface area contributed by atoms with Crippen molar-refractivity contribution in [2.45, 2.75) is 70.1 Å². The van der Waals surface area contributed by atoms with Gasteiger partial charge in [0, 0.05) is 31.3 Å². The quantitative estimate of drug-likeness (QED) is 0.883. The van der Waals surface area contributed by atoms with Crippen molar-refractivity contribution in [1.29, 1.82) is 0 Å². The number of piperidine rings is 1. The number of aromatic amines is 1. The zero-order chi connectivity index (χ0) is 19.0. The van der Waals surface area contributed by atoms with Crippen LogP contribution in [0.3, 0.4) is 0 Å². The number of ether oxygens (including phenoxy) is 1. The van der Waals surface area contributed by atoms with Gasteiger partial charge in [0.05, 0.1) is 11.6 Å². The number of imidazole rings is 1. The molecule has 1 aromatic carbocycles. The average molecular weight is 375 g/mol. The molecule has 1 aliphatic heterocycles. The van der Waals surface area contributed by atoms with E-state index in [1.54, 1.807) is 10.6 Å². The number of nitrogens with zero attached hydrogens (tertiary/aromatic N) is 2. The zero-order valence-electron chi connectivity index (χ0n) is 16.3. The van der Waals surface area contributed by atoms with Crippen LogP contribution in [-0.4, -0.2) is 45.8 Å². The molecule has 2 aromatic rings. The molecule has 5 nitrogen and oxygen atoms in total. The highest BCUT2D eigenvalue weighted by molar-refractivity contribution is 5.75. The van der Waals surface area contributed by atoms with Crippen LogP contribution in [0.1, 0.15) is 58.4 Å². The lowest BCUT2D eigenvalue weighted by molar-refractivity contribution is -0.0273. The summed E-state index contributed by atoms with van der Waals surface area (Å²) in [5.41, 5.74) is 1.04. The van der Waals surface area contributed by atoms with Gasteiger partial charge in [0.25, 0.3) is 0 Å². The average Bonchev–Trinajstić information content (AvgIpc) is 3.01. The van der Waals surface area contributed by atoms with Gasteiger partial charge in [-0.05, 0) is 64.5 Å². The molecule has 0 atom stereocenters. The Balaban J connectivity index is 1.45. The smallest absolute Gasteiger partial charge is 0.326 e. The Kier molecular flexibility index (Phi) is 5.12. The number of halogens is 1. The molecule has 148 valence electrons. The van der Waals surface area contributed by atoms with Crippen molar-refractivity contribution in [2.24, 2.45) is 0 Å². The van der Waals surface area contributed by atoms with Gasteiger partial charge in [0.15, 0.2) is 0 Å². The number of aromatic nitrogens is 2. The summed E-state index contributed by atoms with van der Waals surface area (Å²) >= 11 is 0. The zero-order valence-corrected chi connectivity index (χ0v) is 16.3. The number of fused-ring (bicyclic) bond motifs is 1. The number of hydrogen-bond donors (Lipinski definition) is 1. The van der Waals surface area contributed by atoms with Crippen LogP contribution in [0.2, 0.25) is 0 Å². The predicted octanol–water partition coefficient (Wildman–Crippen LogP) is 3.84. The van der Waals surface area contributed by atoms with Crippen LogP contribution in [0.4, 0.5) is 4.39 Å². The minimum atomic E-state index is -0.362. The van der Waals surface area contributed by atoms with Gasteiger partial charge in [-0.3, -0.25) is 9.47 Å².